The number of carbonyl (C=O) groups excluding carboxylic acids is 1. The number of benzene rings is 3. The molecule has 5 nitrogen and oxygen atoms in total. The van der Waals surface area contributed by atoms with Crippen molar-refractivity contribution < 1.29 is 9.53 Å². The monoisotopic (exact) mass is 423 g/mol. The van der Waals surface area contributed by atoms with E-state index in [1.165, 1.54) is 11.8 Å². The smallest absolute Gasteiger partial charge is 0.234 e. The highest BCUT2D eigenvalue weighted by molar-refractivity contribution is 7.99. The molecule has 3 aromatic carbocycles. The molecule has 0 fully saturated rings. The van der Waals surface area contributed by atoms with Gasteiger partial charge in [0.25, 0.3) is 0 Å². The summed E-state index contributed by atoms with van der Waals surface area (Å²) in [5.41, 5.74) is 3.45. The Labute approximate surface area is 177 Å². The molecule has 7 heteroatoms. The Morgan fingerprint density at radius 1 is 1.14 bits per heavy atom. The Kier molecular flexibility index (Phi) is 5.74. The summed E-state index contributed by atoms with van der Waals surface area (Å²) < 4.78 is 5.87. The van der Waals surface area contributed by atoms with E-state index in [9.17, 15) is 4.79 Å². The van der Waals surface area contributed by atoms with Crippen molar-refractivity contribution >= 4 is 46.0 Å². The minimum Gasteiger partial charge on any atom is -0.457 e. The number of H-pyrrole nitrogens is 1. The summed E-state index contributed by atoms with van der Waals surface area (Å²) >= 11 is 7.32. The quantitative estimate of drug-likeness (QED) is 0.370. The molecule has 0 saturated carbocycles. The van der Waals surface area contributed by atoms with Gasteiger partial charge in [-0.25, -0.2) is 4.98 Å². The topological polar surface area (TPSA) is 67.0 Å². The third-order valence-electron chi connectivity index (χ3n) is 4.22. The normalized spacial score (nSPS) is 10.8. The van der Waals surface area contributed by atoms with Crippen LogP contribution in [0.3, 0.4) is 0 Å². The molecular weight excluding hydrogens is 406 g/mol. The molecule has 1 aromatic heterocycles. The predicted molar refractivity (Wildman–Crippen MR) is 118 cm³/mol. The van der Waals surface area contributed by atoms with E-state index < -0.39 is 0 Å². The van der Waals surface area contributed by atoms with Crippen LogP contribution in [0.5, 0.6) is 11.5 Å². The molecule has 146 valence electrons. The van der Waals surface area contributed by atoms with Crippen molar-refractivity contribution in [2.24, 2.45) is 0 Å². The molecule has 1 amide bonds. The van der Waals surface area contributed by atoms with Crippen molar-refractivity contribution in [2.45, 2.75) is 12.1 Å². The Morgan fingerprint density at radius 2 is 1.93 bits per heavy atom. The van der Waals surface area contributed by atoms with E-state index in [0.29, 0.717) is 21.6 Å². The first-order chi connectivity index (χ1) is 14.1. The number of hydrogen-bond acceptors (Lipinski definition) is 4. The van der Waals surface area contributed by atoms with Crippen LogP contribution in [0.15, 0.2) is 71.9 Å². The highest BCUT2D eigenvalue weighted by Gasteiger charge is 2.08. The third kappa shape index (κ3) is 4.91. The second-order valence-corrected chi connectivity index (χ2v) is 7.83. The third-order valence-corrected chi connectivity index (χ3v) is 5.33. The fourth-order valence-electron chi connectivity index (χ4n) is 2.76. The number of ether oxygens (including phenoxy) is 1. The highest BCUT2D eigenvalue weighted by atomic mass is 35.5. The molecule has 1 heterocycles. The summed E-state index contributed by atoms with van der Waals surface area (Å²) in [7, 11) is 0. The molecule has 0 unspecified atom stereocenters. The van der Waals surface area contributed by atoms with Crippen molar-refractivity contribution in [3.8, 4) is 11.5 Å². The van der Waals surface area contributed by atoms with Crippen LogP contribution >= 0.6 is 23.4 Å². The minimum absolute atomic E-state index is 0.110. The molecule has 0 radical (unpaired) electrons. The predicted octanol–water partition coefficient (Wildman–Crippen LogP) is 6.05. The number of nitrogens with zero attached hydrogens (tertiary/aromatic N) is 1. The van der Waals surface area contributed by atoms with Crippen LogP contribution in [0.25, 0.3) is 11.0 Å². The van der Waals surface area contributed by atoms with Crippen LogP contribution in [0.2, 0.25) is 5.02 Å². The van der Waals surface area contributed by atoms with Crippen LogP contribution in [-0.4, -0.2) is 21.6 Å². The molecule has 0 spiro atoms. The summed E-state index contributed by atoms with van der Waals surface area (Å²) in [6, 6.07) is 20.6. The van der Waals surface area contributed by atoms with Crippen LogP contribution in [-0.2, 0) is 4.79 Å². The molecule has 0 aliphatic carbocycles. The van der Waals surface area contributed by atoms with Gasteiger partial charge in [0.05, 0.1) is 16.8 Å². The number of carbonyl (C=O) groups is 1. The summed E-state index contributed by atoms with van der Waals surface area (Å²) in [4.78, 5) is 19.9. The molecule has 0 bridgehead atoms. The highest BCUT2D eigenvalue weighted by Crippen LogP contribution is 2.26. The number of halogens is 1. The summed E-state index contributed by atoms with van der Waals surface area (Å²) in [5.74, 6) is 1.66. The zero-order valence-electron chi connectivity index (χ0n) is 15.6. The van der Waals surface area contributed by atoms with E-state index >= 15 is 0 Å². The second-order valence-electron chi connectivity index (χ2n) is 6.43. The van der Waals surface area contributed by atoms with Gasteiger partial charge in [-0.05, 0) is 61.0 Å². The van der Waals surface area contributed by atoms with Crippen molar-refractivity contribution in [3.05, 3.63) is 77.3 Å². The zero-order valence-corrected chi connectivity index (χ0v) is 17.2. The van der Waals surface area contributed by atoms with Crippen LogP contribution < -0.4 is 10.1 Å². The van der Waals surface area contributed by atoms with Crippen molar-refractivity contribution in [3.63, 3.8) is 0 Å². The van der Waals surface area contributed by atoms with Gasteiger partial charge in [-0.1, -0.05) is 41.6 Å². The van der Waals surface area contributed by atoms with E-state index in [1.807, 2.05) is 67.6 Å². The summed E-state index contributed by atoms with van der Waals surface area (Å²) in [6.07, 6.45) is 0. The molecule has 4 aromatic rings. The van der Waals surface area contributed by atoms with Gasteiger partial charge in [-0.3, -0.25) is 4.79 Å². The first kappa shape index (κ1) is 19.4. The zero-order chi connectivity index (χ0) is 20.2. The van der Waals surface area contributed by atoms with E-state index in [0.717, 1.165) is 22.3 Å². The number of thioether (sulfide) groups is 1. The number of aromatic nitrogens is 2. The summed E-state index contributed by atoms with van der Waals surface area (Å²) in [6.45, 7) is 2.00. The Morgan fingerprint density at radius 3 is 2.72 bits per heavy atom. The average molecular weight is 424 g/mol. The number of hydrogen-bond donors (Lipinski definition) is 2. The lowest BCUT2D eigenvalue weighted by molar-refractivity contribution is -0.113. The number of para-hydroxylation sites is 1. The molecule has 4 rings (SSSR count). The van der Waals surface area contributed by atoms with E-state index in [1.54, 1.807) is 6.07 Å². The standard InChI is InChI=1S/C22H18ClN3O2S/c1-14-4-2-3-5-20(14)28-17-9-7-16(8-10-17)24-21(27)13-29-22-25-18-11-6-15(23)12-19(18)26-22/h2-12H,13H2,1H3,(H,24,27)(H,25,26). The fourth-order valence-corrected chi connectivity index (χ4v) is 3.62. The number of nitrogens with one attached hydrogen (secondary N) is 2. The van der Waals surface area contributed by atoms with E-state index in [2.05, 4.69) is 15.3 Å². The molecule has 0 aliphatic rings. The van der Waals surface area contributed by atoms with E-state index in [-0.39, 0.29) is 11.7 Å². The van der Waals surface area contributed by atoms with Gasteiger partial charge in [0.15, 0.2) is 5.16 Å². The largest absolute Gasteiger partial charge is 0.457 e. The van der Waals surface area contributed by atoms with Gasteiger partial charge < -0.3 is 15.0 Å². The Bertz CT molecular complexity index is 1160. The molecule has 0 atom stereocenters. The molecular formula is C22H18ClN3O2S. The number of aromatic amines is 1. The van der Waals surface area contributed by atoms with Crippen LogP contribution in [0, 0.1) is 6.92 Å². The van der Waals surface area contributed by atoms with Crippen molar-refractivity contribution in [1.29, 1.82) is 0 Å². The van der Waals surface area contributed by atoms with Crippen LogP contribution in [0.4, 0.5) is 5.69 Å². The van der Waals surface area contributed by atoms with Crippen LogP contribution in [0.1, 0.15) is 5.56 Å². The van der Waals surface area contributed by atoms with Crippen molar-refractivity contribution in [2.75, 3.05) is 11.1 Å². The van der Waals surface area contributed by atoms with Gasteiger partial charge in [0.2, 0.25) is 5.91 Å². The maximum atomic E-state index is 12.2. The minimum atomic E-state index is -0.110. The number of anilines is 1. The van der Waals surface area contributed by atoms with E-state index in [4.69, 9.17) is 16.3 Å². The second kappa shape index (κ2) is 8.59. The maximum Gasteiger partial charge on any atom is 0.234 e. The molecule has 0 saturated heterocycles. The molecule has 0 aliphatic heterocycles. The van der Waals surface area contributed by atoms with Gasteiger partial charge in [0.1, 0.15) is 11.5 Å². The first-order valence-electron chi connectivity index (χ1n) is 8.98. The molecule has 29 heavy (non-hydrogen) atoms. The average Bonchev–Trinajstić information content (AvgIpc) is 3.12. The van der Waals surface area contributed by atoms with Gasteiger partial charge >= 0.3 is 0 Å². The first-order valence-corrected chi connectivity index (χ1v) is 10.3. The SMILES string of the molecule is Cc1ccccc1Oc1ccc(NC(=O)CSc2nc3ccc(Cl)cc3[nH]2)cc1. The Balaban J connectivity index is 1.32. The number of imidazole rings is 1. The number of rotatable bonds is 6. The number of amides is 1. The number of fused-ring (bicyclic) bond motifs is 1. The lowest BCUT2D eigenvalue weighted by atomic mass is 10.2. The fraction of sp³-hybridized carbons (Fsp3) is 0.0909. The van der Waals surface area contributed by atoms with Gasteiger partial charge in [-0.2, -0.15) is 0 Å². The lowest BCUT2D eigenvalue weighted by Gasteiger charge is -2.09. The summed E-state index contributed by atoms with van der Waals surface area (Å²) in [5, 5.41) is 4.20. The number of aryl methyl sites for hydroxylation is 1. The maximum absolute atomic E-state index is 12.2. The van der Waals surface area contributed by atoms with Gasteiger partial charge in [0, 0.05) is 10.7 Å². The van der Waals surface area contributed by atoms with Crippen molar-refractivity contribution in [1.82, 2.24) is 9.97 Å². The Hall–Kier alpha value is -2.96. The lowest BCUT2D eigenvalue weighted by Crippen LogP contribution is -2.14. The van der Waals surface area contributed by atoms with Gasteiger partial charge in [-0.15, -0.1) is 0 Å². The molecule has 2 N–H and O–H groups in total.